The largest absolute Gasteiger partial charge is 0.452 e. The highest BCUT2D eigenvalue weighted by Gasteiger charge is 2.21. The molecule has 0 aromatic heterocycles. The lowest BCUT2D eigenvalue weighted by Crippen LogP contribution is -2.30. The normalized spacial score (nSPS) is 11.2. The maximum Gasteiger partial charge on any atom is 0.338 e. The number of nitrogens with one attached hydrogen (secondary N) is 1. The summed E-state index contributed by atoms with van der Waals surface area (Å²) in [4.78, 5) is 26.2. The molecule has 9 heteroatoms. The molecule has 0 aliphatic carbocycles. The van der Waals surface area contributed by atoms with Crippen molar-refractivity contribution in [2.45, 2.75) is 11.4 Å². The highest BCUT2D eigenvalue weighted by Crippen LogP contribution is 2.18. The van der Waals surface area contributed by atoms with Gasteiger partial charge in [0.15, 0.2) is 6.61 Å². The lowest BCUT2D eigenvalue weighted by molar-refractivity contribution is -0.124. The number of nitrogens with zero attached hydrogens (tertiary/aromatic N) is 2. The topological polar surface area (TPSA) is 96.0 Å². The molecule has 0 radical (unpaired) electrons. The van der Waals surface area contributed by atoms with E-state index in [1.165, 1.54) is 20.2 Å². The number of carbonyl (C=O) groups is 2. The summed E-state index contributed by atoms with van der Waals surface area (Å²) in [6.07, 6.45) is 0. The Bertz CT molecular complexity index is 987. The van der Waals surface area contributed by atoms with Gasteiger partial charge in [0.05, 0.1) is 10.5 Å². The van der Waals surface area contributed by atoms with E-state index in [1.54, 1.807) is 36.4 Å². The van der Waals surface area contributed by atoms with E-state index in [2.05, 4.69) is 5.32 Å². The monoisotopic (exact) mass is 419 g/mol. The molecule has 2 rings (SSSR count). The highest BCUT2D eigenvalue weighted by atomic mass is 32.2. The minimum absolute atomic E-state index is 0.00422. The second kappa shape index (κ2) is 9.53. The first-order valence-corrected chi connectivity index (χ1v) is 10.3. The number of carbonyl (C=O) groups excluding carboxylic acids is 2. The summed E-state index contributed by atoms with van der Waals surface area (Å²) < 4.78 is 30.9. The van der Waals surface area contributed by atoms with Crippen molar-refractivity contribution < 1.29 is 22.7 Å². The first-order chi connectivity index (χ1) is 13.6. The molecule has 156 valence electrons. The maximum absolute atomic E-state index is 12.4. The lowest BCUT2D eigenvalue weighted by Gasteiger charge is -2.15. The van der Waals surface area contributed by atoms with Gasteiger partial charge in [-0.2, -0.15) is 0 Å². The molecule has 0 aliphatic rings. The van der Waals surface area contributed by atoms with Gasteiger partial charge in [-0.05, 0) is 29.8 Å². The van der Waals surface area contributed by atoms with Crippen LogP contribution in [0.4, 0.5) is 5.69 Å². The molecule has 0 aliphatic heterocycles. The number of amides is 1. The molecule has 0 spiro atoms. The zero-order valence-electron chi connectivity index (χ0n) is 16.9. The first-order valence-electron chi connectivity index (χ1n) is 8.84. The van der Waals surface area contributed by atoms with Crippen molar-refractivity contribution in [2.75, 3.05) is 39.7 Å². The number of ether oxygens (including phenoxy) is 1. The van der Waals surface area contributed by atoms with Gasteiger partial charge in [0.1, 0.15) is 0 Å². The van der Waals surface area contributed by atoms with Crippen molar-refractivity contribution in [3.05, 3.63) is 59.7 Å². The Morgan fingerprint density at radius 2 is 1.69 bits per heavy atom. The molecular formula is C20H25N3O5S. The number of hydrogen-bond donors (Lipinski definition) is 1. The summed E-state index contributed by atoms with van der Waals surface area (Å²) in [5.74, 6) is -1.14. The third kappa shape index (κ3) is 5.78. The molecule has 0 fully saturated rings. The van der Waals surface area contributed by atoms with Crippen LogP contribution in [0.25, 0.3) is 0 Å². The smallest absolute Gasteiger partial charge is 0.338 e. The van der Waals surface area contributed by atoms with Gasteiger partial charge in [-0.1, -0.05) is 24.3 Å². The number of rotatable bonds is 8. The average molecular weight is 420 g/mol. The summed E-state index contributed by atoms with van der Waals surface area (Å²) in [7, 11) is 2.95. The van der Waals surface area contributed by atoms with Gasteiger partial charge in [-0.15, -0.1) is 0 Å². The predicted molar refractivity (Wildman–Crippen MR) is 110 cm³/mol. The fourth-order valence-electron chi connectivity index (χ4n) is 2.47. The van der Waals surface area contributed by atoms with Gasteiger partial charge >= 0.3 is 5.97 Å². The molecule has 0 unspecified atom stereocenters. The molecule has 0 saturated heterocycles. The van der Waals surface area contributed by atoms with Gasteiger partial charge in [0, 0.05) is 40.4 Å². The van der Waals surface area contributed by atoms with Gasteiger partial charge in [-0.25, -0.2) is 17.5 Å². The molecule has 29 heavy (non-hydrogen) atoms. The number of anilines is 1. The van der Waals surface area contributed by atoms with Crippen LogP contribution >= 0.6 is 0 Å². The fraction of sp³-hybridized carbons (Fsp3) is 0.300. The third-order valence-corrected chi connectivity index (χ3v) is 6.06. The van der Waals surface area contributed by atoms with Crippen molar-refractivity contribution in [2.24, 2.45) is 0 Å². The van der Waals surface area contributed by atoms with Crippen LogP contribution in [-0.2, 0) is 26.1 Å². The Hall–Kier alpha value is -2.91. The Labute approximate surface area is 171 Å². The maximum atomic E-state index is 12.4. The molecule has 1 amide bonds. The third-order valence-electron chi connectivity index (χ3n) is 4.14. The van der Waals surface area contributed by atoms with Crippen LogP contribution in [-0.4, -0.2) is 59.4 Å². The molecular weight excluding hydrogens is 394 g/mol. The Morgan fingerprint density at radius 3 is 2.34 bits per heavy atom. The van der Waals surface area contributed by atoms with E-state index >= 15 is 0 Å². The summed E-state index contributed by atoms with van der Waals surface area (Å²) in [5.41, 5.74) is 1.62. The molecule has 2 aromatic rings. The standard InChI is InChI=1S/C20H25N3O5S/c1-22(2)17-10-7-9-15(12-17)20(25)28-14-19(24)21-13-16-8-5-6-11-18(16)29(26,27)23(3)4/h5-12H,13-14H2,1-4H3,(H,21,24). The highest BCUT2D eigenvalue weighted by molar-refractivity contribution is 7.89. The van der Waals surface area contributed by atoms with E-state index in [0.29, 0.717) is 11.1 Å². The molecule has 0 saturated carbocycles. The van der Waals surface area contributed by atoms with E-state index in [1.807, 2.05) is 25.1 Å². The van der Waals surface area contributed by atoms with E-state index in [4.69, 9.17) is 4.74 Å². The quantitative estimate of drug-likeness (QED) is 0.651. The Morgan fingerprint density at radius 1 is 1.00 bits per heavy atom. The van der Waals surface area contributed by atoms with Gasteiger partial charge in [0.2, 0.25) is 10.0 Å². The minimum Gasteiger partial charge on any atom is -0.452 e. The molecule has 1 N–H and O–H groups in total. The summed E-state index contributed by atoms with van der Waals surface area (Å²) in [6.45, 7) is -0.469. The zero-order chi connectivity index (χ0) is 21.6. The van der Waals surface area contributed by atoms with Gasteiger partial charge in [-0.3, -0.25) is 4.79 Å². The molecule has 0 bridgehead atoms. The number of benzene rings is 2. The van der Waals surface area contributed by atoms with E-state index < -0.39 is 28.5 Å². The van der Waals surface area contributed by atoms with Crippen molar-refractivity contribution >= 4 is 27.6 Å². The molecule has 0 atom stereocenters. The Balaban J connectivity index is 1.96. The predicted octanol–water partition coefficient (Wildman–Crippen LogP) is 1.48. The van der Waals surface area contributed by atoms with Gasteiger partial charge in [0.25, 0.3) is 5.91 Å². The second-order valence-electron chi connectivity index (χ2n) is 6.69. The minimum atomic E-state index is -3.64. The van der Waals surface area contributed by atoms with Crippen LogP contribution in [0.1, 0.15) is 15.9 Å². The van der Waals surface area contributed by atoms with E-state index in [-0.39, 0.29) is 11.4 Å². The van der Waals surface area contributed by atoms with Crippen molar-refractivity contribution in [1.29, 1.82) is 0 Å². The SMILES string of the molecule is CN(C)c1cccc(C(=O)OCC(=O)NCc2ccccc2S(=O)(=O)N(C)C)c1. The molecule has 8 nitrogen and oxygen atoms in total. The summed E-state index contributed by atoms with van der Waals surface area (Å²) >= 11 is 0. The van der Waals surface area contributed by atoms with Crippen molar-refractivity contribution in [3.63, 3.8) is 0 Å². The van der Waals surface area contributed by atoms with Crippen LogP contribution in [0.5, 0.6) is 0 Å². The van der Waals surface area contributed by atoms with Crippen LogP contribution in [0.15, 0.2) is 53.4 Å². The number of sulfonamides is 1. The lowest BCUT2D eigenvalue weighted by atomic mass is 10.2. The molecule has 0 heterocycles. The van der Waals surface area contributed by atoms with Crippen LogP contribution in [0.3, 0.4) is 0 Å². The Kier molecular flexibility index (Phi) is 7.35. The average Bonchev–Trinajstić information content (AvgIpc) is 2.70. The van der Waals surface area contributed by atoms with Crippen LogP contribution in [0.2, 0.25) is 0 Å². The summed E-state index contributed by atoms with van der Waals surface area (Å²) in [6, 6.07) is 13.3. The first kappa shape index (κ1) is 22.4. The second-order valence-corrected chi connectivity index (χ2v) is 8.81. The van der Waals surface area contributed by atoms with E-state index in [0.717, 1.165) is 9.99 Å². The van der Waals surface area contributed by atoms with E-state index in [9.17, 15) is 18.0 Å². The number of esters is 1. The van der Waals surface area contributed by atoms with Crippen LogP contribution < -0.4 is 10.2 Å². The van der Waals surface area contributed by atoms with Gasteiger partial charge < -0.3 is 15.0 Å². The summed E-state index contributed by atoms with van der Waals surface area (Å²) in [5, 5.41) is 2.58. The van der Waals surface area contributed by atoms with Crippen LogP contribution in [0, 0.1) is 0 Å². The number of hydrogen-bond acceptors (Lipinski definition) is 6. The fourth-order valence-corrected chi connectivity index (χ4v) is 3.58. The molecule has 2 aromatic carbocycles. The zero-order valence-corrected chi connectivity index (χ0v) is 17.7. The van der Waals surface area contributed by atoms with Crippen molar-refractivity contribution in [1.82, 2.24) is 9.62 Å². The van der Waals surface area contributed by atoms with Crippen molar-refractivity contribution in [3.8, 4) is 0 Å².